The number of hydrogen-bond donors (Lipinski definition) is 1. The predicted molar refractivity (Wildman–Crippen MR) is 84.2 cm³/mol. The van der Waals surface area contributed by atoms with Gasteiger partial charge in [-0.1, -0.05) is 13.3 Å². The molecule has 4 heteroatoms. The van der Waals surface area contributed by atoms with Crippen LogP contribution < -0.4 is 5.32 Å². The molecule has 0 radical (unpaired) electrons. The Labute approximate surface area is 133 Å². The van der Waals surface area contributed by atoms with Crippen LogP contribution in [-0.4, -0.2) is 12.6 Å². The molecule has 0 spiro atoms. The molecule has 1 aromatic rings. The molecule has 0 aliphatic heterocycles. The fourth-order valence-electron chi connectivity index (χ4n) is 4.40. The van der Waals surface area contributed by atoms with Gasteiger partial charge in [-0.2, -0.15) is 0 Å². The zero-order valence-electron chi connectivity index (χ0n) is 12.3. The minimum Gasteiger partial charge on any atom is -0.314 e. The third-order valence-corrected chi connectivity index (χ3v) is 5.95. The van der Waals surface area contributed by atoms with E-state index in [9.17, 15) is 8.78 Å². The first kappa shape index (κ1) is 15.4. The Morgan fingerprint density at radius 1 is 1.29 bits per heavy atom. The number of fused-ring (bicyclic) bond motifs is 2. The van der Waals surface area contributed by atoms with E-state index in [4.69, 9.17) is 0 Å². The third-order valence-electron chi connectivity index (χ3n) is 5.34. The van der Waals surface area contributed by atoms with Crippen LogP contribution in [0, 0.1) is 29.4 Å². The van der Waals surface area contributed by atoms with Crippen molar-refractivity contribution < 1.29 is 8.78 Å². The van der Waals surface area contributed by atoms with Crippen LogP contribution in [-0.2, 0) is 6.42 Å². The van der Waals surface area contributed by atoms with Crippen molar-refractivity contribution in [1.82, 2.24) is 5.32 Å². The van der Waals surface area contributed by atoms with Gasteiger partial charge >= 0.3 is 0 Å². The van der Waals surface area contributed by atoms with E-state index in [1.165, 1.54) is 37.8 Å². The molecule has 0 saturated heterocycles. The molecule has 2 aliphatic carbocycles. The van der Waals surface area contributed by atoms with Gasteiger partial charge in [0.15, 0.2) is 0 Å². The van der Waals surface area contributed by atoms with Gasteiger partial charge in [0.2, 0.25) is 0 Å². The Bertz CT molecular complexity index is 520. The SMILES string of the molecule is CCNC(Cc1c(F)ccc(Br)c1F)C1CC2CCC1C2. The highest BCUT2D eigenvalue weighted by atomic mass is 79.9. The topological polar surface area (TPSA) is 12.0 Å². The highest BCUT2D eigenvalue weighted by molar-refractivity contribution is 9.10. The van der Waals surface area contributed by atoms with Crippen LogP contribution >= 0.6 is 15.9 Å². The Morgan fingerprint density at radius 3 is 2.71 bits per heavy atom. The first-order chi connectivity index (χ1) is 10.1. The molecule has 116 valence electrons. The van der Waals surface area contributed by atoms with Crippen LogP contribution in [0.3, 0.4) is 0 Å². The molecule has 4 unspecified atom stereocenters. The van der Waals surface area contributed by atoms with Gasteiger partial charge in [0.05, 0.1) is 4.47 Å². The molecule has 2 saturated carbocycles. The smallest absolute Gasteiger partial charge is 0.143 e. The van der Waals surface area contributed by atoms with E-state index in [0.717, 1.165) is 18.4 Å². The van der Waals surface area contributed by atoms with Gasteiger partial charge in [0.25, 0.3) is 0 Å². The highest BCUT2D eigenvalue weighted by Gasteiger charge is 2.43. The Balaban J connectivity index is 1.81. The van der Waals surface area contributed by atoms with E-state index < -0.39 is 11.6 Å². The average molecular weight is 358 g/mol. The molecule has 0 heterocycles. The summed E-state index contributed by atoms with van der Waals surface area (Å²) in [5, 5.41) is 3.48. The molecule has 2 bridgehead atoms. The average Bonchev–Trinajstić information content (AvgIpc) is 3.09. The summed E-state index contributed by atoms with van der Waals surface area (Å²) in [5.74, 6) is 1.29. The van der Waals surface area contributed by atoms with Crippen LogP contribution in [0.1, 0.15) is 38.2 Å². The van der Waals surface area contributed by atoms with Gasteiger partial charge in [-0.15, -0.1) is 0 Å². The molecule has 2 fully saturated rings. The lowest BCUT2D eigenvalue weighted by molar-refractivity contribution is 0.246. The second kappa shape index (κ2) is 6.33. The second-order valence-electron chi connectivity index (χ2n) is 6.53. The summed E-state index contributed by atoms with van der Waals surface area (Å²) >= 11 is 3.16. The van der Waals surface area contributed by atoms with Gasteiger partial charge in [-0.05, 0) is 78.0 Å². The fourth-order valence-corrected chi connectivity index (χ4v) is 4.77. The van der Waals surface area contributed by atoms with E-state index >= 15 is 0 Å². The summed E-state index contributed by atoms with van der Waals surface area (Å²) in [4.78, 5) is 0. The van der Waals surface area contributed by atoms with Crippen LogP contribution in [0.4, 0.5) is 8.78 Å². The molecular formula is C17H22BrF2N. The molecule has 3 rings (SSSR count). The molecule has 1 N–H and O–H groups in total. The number of hydrogen-bond acceptors (Lipinski definition) is 1. The first-order valence-corrected chi connectivity index (χ1v) is 8.75. The van der Waals surface area contributed by atoms with E-state index in [1.54, 1.807) is 0 Å². The zero-order chi connectivity index (χ0) is 15.0. The van der Waals surface area contributed by atoms with E-state index in [0.29, 0.717) is 16.8 Å². The van der Waals surface area contributed by atoms with Crippen LogP contribution in [0.5, 0.6) is 0 Å². The highest BCUT2D eigenvalue weighted by Crippen LogP contribution is 2.50. The van der Waals surface area contributed by atoms with Crippen molar-refractivity contribution in [3.8, 4) is 0 Å². The molecule has 1 aromatic carbocycles. The first-order valence-electron chi connectivity index (χ1n) is 7.95. The van der Waals surface area contributed by atoms with Crippen molar-refractivity contribution in [2.45, 2.75) is 45.1 Å². The molecule has 21 heavy (non-hydrogen) atoms. The lowest BCUT2D eigenvalue weighted by atomic mass is 9.81. The monoisotopic (exact) mass is 357 g/mol. The van der Waals surface area contributed by atoms with Gasteiger partial charge in [-0.3, -0.25) is 0 Å². The van der Waals surface area contributed by atoms with Crippen molar-refractivity contribution >= 4 is 15.9 Å². The summed E-state index contributed by atoms with van der Waals surface area (Å²) in [6.45, 7) is 2.91. The second-order valence-corrected chi connectivity index (χ2v) is 7.38. The maximum atomic E-state index is 14.2. The van der Waals surface area contributed by atoms with E-state index in [2.05, 4.69) is 28.2 Å². The number of nitrogens with one attached hydrogen (secondary N) is 1. The van der Waals surface area contributed by atoms with Crippen molar-refractivity contribution in [2.75, 3.05) is 6.54 Å². The van der Waals surface area contributed by atoms with E-state index in [-0.39, 0.29) is 11.6 Å². The maximum Gasteiger partial charge on any atom is 0.143 e. The quantitative estimate of drug-likeness (QED) is 0.754. The molecular weight excluding hydrogens is 336 g/mol. The zero-order valence-corrected chi connectivity index (χ0v) is 13.9. The number of rotatable bonds is 5. The minimum atomic E-state index is -0.443. The van der Waals surface area contributed by atoms with Crippen LogP contribution in [0.15, 0.2) is 16.6 Å². The molecule has 2 aliphatic rings. The van der Waals surface area contributed by atoms with Gasteiger partial charge in [0.1, 0.15) is 11.6 Å². The Hall–Kier alpha value is -0.480. The van der Waals surface area contributed by atoms with Gasteiger partial charge < -0.3 is 5.32 Å². The summed E-state index contributed by atoms with van der Waals surface area (Å²) < 4.78 is 28.6. The number of benzene rings is 1. The fraction of sp³-hybridized carbons (Fsp3) is 0.647. The standard InChI is InChI=1S/C17H22BrF2N/c1-2-21-16(12-8-10-3-4-11(12)7-10)9-13-15(19)6-5-14(18)17(13)20/h5-6,10-12,16,21H,2-4,7-9H2,1H3. The summed E-state index contributed by atoms with van der Waals surface area (Å²) in [6, 6.07) is 2.98. The van der Waals surface area contributed by atoms with Crippen molar-refractivity contribution in [3.63, 3.8) is 0 Å². The minimum absolute atomic E-state index is 0.184. The molecule has 4 atom stereocenters. The normalized spacial score (nSPS) is 29.0. The summed E-state index contributed by atoms with van der Waals surface area (Å²) in [5.41, 5.74) is 0.220. The summed E-state index contributed by atoms with van der Waals surface area (Å²) in [6.07, 6.45) is 5.62. The lowest BCUT2D eigenvalue weighted by Crippen LogP contribution is -2.40. The number of halogens is 3. The van der Waals surface area contributed by atoms with E-state index in [1.807, 2.05) is 0 Å². The molecule has 1 nitrogen and oxygen atoms in total. The van der Waals surface area contributed by atoms with Gasteiger partial charge in [-0.25, -0.2) is 8.78 Å². The van der Waals surface area contributed by atoms with Crippen molar-refractivity contribution in [1.29, 1.82) is 0 Å². The lowest BCUT2D eigenvalue weighted by Gasteiger charge is -2.31. The Kier molecular flexibility index (Phi) is 4.65. The predicted octanol–water partition coefficient (Wildman–Crippen LogP) is 4.68. The Morgan fingerprint density at radius 2 is 2.10 bits per heavy atom. The van der Waals surface area contributed by atoms with Crippen molar-refractivity contribution in [3.05, 3.63) is 33.8 Å². The summed E-state index contributed by atoms with van der Waals surface area (Å²) in [7, 11) is 0. The van der Waals surface area contributed by atoms with Crippen LogP contribution in [0.2, 0.25) is 0 Å². The third kappa shape index (κ3) is 3.02. The number of likely N-dealkylation sites (N-methyl/N-ethyl adjacent to an activating group) is 1. The van der Waals surface area contributed by atoms with Crippen LogP contribution in [0.25, 0.3) is 0 Å². The largest absolute Gasteiger partial charge is 0.314 e. The molecule has 0 amide bonds. The molecule has 0 aromatic heterocycles. The van der Waals surface area contributed by atoms with Crippen molar-refractivity contribution in [2.24, 2.45) is 17.8 Å². The van der Waals surface area contributed by atoms with Gasteiger partial charge in [0, 0.05) is 11.6 Å². The maximum absolute atomic E-state index is 14.2.